The lowest BCUT2D eigenvalue weighted by Gasteiger charge is -2.25. The van der Waals surface area contributed by atoms with Gasteiger partial charge in [-0.15, -0.1) is 0 Å². The third-order valence-electron chi connectivity index (χ3n) is 4.71. The lowest BCUT2D eigenvalue weighted by Crippen LogP contribution is -2.50. The van der Waals surface area contributed by atoms with Crippen molar-refractivity contribution < 1.29 is 19.2 Å². The number of hydrogen-bond acceptors (Lipinski definition) is 7. The van der Waals surface area contributed by atoms with Crippen molar-refractivity contribution in [1.29, 1.82) is 0 Å². The molecule has 1 aliphatic heterocycles. The van der Waals surface area contributed by atoms with Gasteiger partial charge in [0.05, 0.1) is 11.0 Å². The number of rotatable bonds is 7. The molecule has 0 aliphatic carbocycles. The Morgan fingerprint density at radius 3 is 2.59 bits per heavy atom. The molecule has 1 aromatic carbocycles. The molecule has 10 heteroatoms. The quantitative estimate of drug-likeness (QED) is 0.522. The summed E-state index contributed by atoms with van der Waals surface area (Å²) >= 11 is 0. The van der Waals surface area contributed by atoms with Crippen LogP contribution in [0.1, 0.15) is 18.4 Å². The predicted octanol–water partition coefficient (Wildman–Crippen LogP) is 1.13. The molecular formula is C19H21N5O5. The lowest BCUT2D eigenvalue weighted by molar-refractivity contribution is -0.385. The van der Waals surface area contributed by atoms with E-state index in [0.717, 1.165) is 18.2 Å². The largest absolute Gasteiger partial charge is 0.439 e. The van der Waals surface area contributed by atoms with E-state index in [9.17, 15) is 19.7 Å². The van der Waals surface area contributed by atoms with Crippen LogP contribution in [0.2, 0.25) is 0 Å². The topological polar surface area (TPSA) is 155 Å². The second-order valence-corrected chi connectivity index (χ2v) is 6.76. The molecular weight excluding hydrogens is 378 g/mol. The molecule has 0 radical (unpaired) electrons. The van der Waals surface area contributed by atoms with Gasteiger partial charge in [0.1, 0.15) is 18.0 Å². The van der Waals surface area contributed by atoms with E-state index < -0.39 is 22.9 Å². The smallest absolute Gasteiger partial charge is 0.287 e. The second-order valence-electron chi connectivity index (χ2n) is 6.76. The van der Waals surface area contributed by atoms with Crippen LogP contribution in [0.3, 0.4) is 0 Å². The fraction of sp³-hybridized carbons (Fsp3) is 0.316. The van der Waals surface area contributed by atoms with Crippen molar-refractivity contribution in [2.45, 2.75) is 31.3 Å². The summed E-state index contributed by atoms with van der Waals surface area (Å²) in [5, 5.41) is 10.6. The minimum absolute atomic E-state index is 0.122. The van der Waals surface area contributed by atoms with Crippen LogP contribution in [-0.4, -0.2) is 45.2 Å². The van der Waals surface area contributed by atoms with E-state index in [0.29, 0.717) is 25.1 Å². The van der Waals surface area contributed by atoms with Gasteiger partial charge in [0.2, 0.25) is 17.7 Å². The first-order valence-corrected chi connectivity index (χ1v) is 9.08. The standard InChI is InChI=1S/C19H21N5O5/c20-15(19(26)23-9-1-2-16(23)18(21)25)10-12-3-6-14(7-4-12)29-17-8-5-13(11-22-17)24(27)28/h3-8,11,15-16H,1-2,9-10,20H2,(H2,21,25)/t15-,16-/m0/s1. The summed E-state index contributed by atoms with van der Waals surface area (Å²) in [5.74, 6) is -0.0868. The van der Waals surface area contributed by atoms with Crippen LogP contribution in [0.5, 0.6) is 11.6 Å². The Kier molecular flexibility index (Phi) is 6.03. The van der Waals surface area contributed by atoms with Crippen LogP contribution >= 0.6 is 0 Å². The average Bonchev–Trinajstić information content (AvgIpc) is 3.19. The number of nitro groups is 1. The van der Waals surface area contributed by atoms with Crippen LogP contribution in [-0.2, 0) is 16.0 Å². The summed E-state index contributed by atoms with van der Waals surface area (Å²) in [4.78, 5) is 39.5. The average molecular weight is 399 g/mol. The molecule has 0 saturated carbocycles. The molecule has 29 heavy (non-hydrogen) atoms. The first-order chi connectivity index (χ1) is 13.8. The van der Waals surface area contributed by atoms with Gasteiger partial charge in [0.15, 0.2) is 0 Å². The van der Waals surface area contributed by atoms with E-state index in [-0.39, 0.29) is 17.5 Å². The Morgan fingerprint density at radius 2 is 2.00 bits per heavy atom. The lowest BCUT2D eigenvalue weighted by atomic mass is 10.0. The molecule has 1 aliphatic rings. The van der Waals surface area contributed by atoms with Crippen molar-refractivity contribution in [1.82, 2.24) is 9.88 Å². The SMILES string of the molecule is NC(=O)[C@@H]1CCCN1C(=O)[C@@H](N)Cc1ccc(Oc2ccc([N+](=O)[O-])cn2)cc1. The fourth-order valence-corrected chi connectivity index (χ4v) is 3.24. The number of pyridine rings is 1. The summed E-state index contributed by atoms with van der Waals surface area (Å²) in [5.41, 5.74) is 12.1. The zero-order valence-corrected chi connectivity index (χ0v) is 15.6. The number of hydrogen-bond donors (Lipinski definition) is 2. The zero-order valence-electron chi connectivity index (χ0n) is 15.6. The zero-order chi connectivity index (χ0) is 21.0. The number of carbonyl (C=O) groups is 2. The van der Waals surface area contributed by atoms with E-state index in [1.165, 1.54) is 17.0 Å². The maximum atomic E-state index is 12.6. The minimum atomic E-state index is -0.780. The van der Waals surface area contributed by atoms with Crippen LogP contribution in [0.15, 0.2) is 42.6 Å². The second kappa shape index (κ2) is 8.65. The van der Waals surface area contributed by atoms with Crippen molar-refractivity contribution in [3.8, 4) is 11.6 Å². The molecule has 0 spiro atoms. The predicted molar refractivity (Wildman–Crippen MR) is 103 cm³/mol. The summed E-state index contributed by atoms with van der Waals surface area (Å²) in [6.07, 6.45) is 2.72. The van der Waals surface area contributed by atoms with Gasteiger partial charge in [0, 0.05) is 18.7 Å². The van der Waals surface area contributed by atoms with Gasteiger partial charge in [-0.1, -0.05) is 12.1 Å². The maximum absolute atomic E-state index is 12.6. The van der Waals surface area contributed by atoms with E-state index in [1.807, 2.05) is 0 Å². The van der Waals surface area contributed by atoms with Crippen LogP contribution in [0.25, 0.3) is 0 Å². The molecule has 2 atom stereocenters. The molecule has 4 N–H and O–H groups in total. The Hall–Kier alpha value is -3.53. The van der Waals surface area contributed by atoms with Gasteiger partial charge in [-0.2, -0.15) is 0 Å². The van der Waals surface area contributed by atoms with Gasteiger partial charge in [-0.05, 0) is 37.0 Å². The molecule has 2 amide bonds. The third-order valence-corrected chi connectivity index (χ3v) is 4.71. The number of nitrogens with two attached hydrogens (primary N) is 2. The molecule has 2 aromatic rings. The summed E-state index contributed by atoms with van der Waals surface area (Å²) < 4.78 is 5.55. The number of ether oxygens (including phenoxy) is 1. The summed E-state index contributed by atoms with van der Waals surface area (Å²) in [6.45, 7) is 0.481. The number of aromatic nitrogens is 1. The Balaban J connectivity index is 1.59. The minimum Gasteiger partial charge on any atom is -0.439 e. The highest BCUT2D eigenvalue weighted by Gasteiger charge is 2.34. The molecule has 1 aromatic heterocycles. The highest BCUT2D eigenvalue weighted by molar-refractivity contribution is 5.89. The molecule has 1 fully saturated rings. The number of likely N-dealkylation sites (tertiary alicyclic amines) is 1. The molecule has 0 unspecified atom stereocenters. The van der Waals surface area contributed by atoms with Crippen molar-refractivity contribution in [3.63, 3.8) is 0 Å². The molecule has 3 rings (SSSR count). The van der Waals surface area contributed by atoms with Gasteiger partial charge in [-0.25, -0.2) is 4.98 Å². The monoisotopic (exact) mass is 399 g/mol. The molecule has 152 valence electrons. The fourth-order valence-electron chi connectivity index (χ4n) is 3.24. The van der Waals surface area contributed by atoms with Crippen molar-refractivity contribution in [3.05, 3.63) is 58.3 Å². The number of primary amides is 1. The van der Waals surface area contributed by atoms with Crippen molar-refractivity contribution >= 4 is 17.5 Å². The Bertz CT molecular complexity index is 900. The molecule has 10 nitrogen and oxygen atoms in total. The summed E-state index contributed by atoms with van der Waals surface area (Å²) in [6, 6.07) is 8.27. The Labute approximate surface area is 166 Å². The van der Waals surface area contributed by atoms with Crippen LogP contribution < -0.4 is 16.2 Å². The number of carbonyl (C=O) groups excluding carboxylic acids is 2. The van der Waals surface area contributed by atoms with Crippen LogP contribution in [0.4, 0.5) is 5.69 Å². The van der Waals surface area contributed by atoms with Gasteiger partial charge in [-0.3, -0.25) is 19.7 Å². The number of nitrogens with zero attached hydrogens (tertiary/aromatic N) is 3. The highest BCUT2D eigenvalue weighted by atomic mass is 16.6. The van der Waals surface area contributed by atoms with Crippen LogP contribution in [0, 0.1) is 10.1 Å². The molecule has 2 heterocycles. The van der Waals surface area contributed by atoms with E-state index in [2.05, 4.69) is 4.98 Å². The Morgan fingerprint density at radius 1 is 1.28 bits per heavy atom. The van der Waals surface area contributed by atoms with Gasteiger partial charge < -0.3 is 21.1 Å². The van der Waals surface area contributed by atoms with E-state index in [1.54, 1.807) is 24.3 Å². The first kappa shape index (κ1) is 20.2. The van der Waals surface area contributed by atoms with Crippen molar-refractivity contribution in [2.24, 2.45) is 11.5 Å². The third kappa shape index (κ3) is 4.85. The molecule has 1 saturated heterocycles. The summed E-state index contributed by atoms with van der Waals surface area (Å²) in [7, 11) is 0. The van der Waals surface area contributed by atoms with E-state index >= 15 is 0 Å². The highest BCUT2D eigenvalue weighted by Crippen LogP contribution is 2.23. The van der Waals surface area contributed by atoms with Gasteiger partial charge >= 0.3 is 0 Å². The normalized spacial score (nSPS) is 17.0. The van der Waals surface area contributed by atoms with E-state index in [4.69, 9.17) is 16.2 Å². The number of amides is 2. The van der Waals surface area contributed by atoms with Crippen molar-refractivity contribution in [2.75, 3.05) is 6.54 Å². The van der Waals surface area contributed by atoms with Gasteiger partial charge in [0.25, 0.3) is 5.69 Å². The number of benzene rings is 1. The first-order valence-electron chi connectivity index (χ1n) is 9.08. The molecule has 0 bridgehead atoms. The maximum Gasteiger partial charge on any atom is 0.287 e.